The van der Waals surface area contributed by atoms with Crippen molar-refractivity contribution in [2.75, 3.05) is 45.2 Å². The number of methoxy groups -OCH3 is 1. The van der Waals surface area contributed by atoms with Gasteiger partial charge in [-0.1, -0.05) is 17.7 Å². The molecule has 0 aliphatic carbocycles. The molecular weight excluding hydrogens is 503 g/mol. The zero-order valence-corrected chi connectivity index (χ0v) is 21.4. The predicted octanol–water partition coefficient (Wildman–Crippen LogP) is 4.53. The summed E-state index contributed by atoms with van der Waals surface area (Å²) in [5.41, 5.74) is 1.76. The van der Waals surface area contributed by atoms with E-state index in [2.05, 4.69) is 26.3 Å². The number of fused-ring (bicyclic) bond motifs is 3. The van der Waals surface area contributed by atoms with Crippen molar-refractivity contribution < 1.29 is 13.9 Å². The Labute approximate surface area is 218 Å². The lowest BCUT2D eigenvalue weighted by Gasteiger charge is -2.26. The second-order valence-electron chi connectivity index (χ2n) is 8.27. The number of nitriles is 1. The van der Waals surface area contributed by atoms with Gasteiger partial charge in [-0.2, -0.15) is 5.26 Å². The van der Waals surface area contributed by atoms with E-state index in [1.165, 1.54) is 18.5 Å². The van der Waals surface area contributed by atoms with E-state index in [1.807, 2.05) is 11.0 Å². The quantitative estimate of drug-likeness (QED) is 0.386. The largest absolute Gasteiger partial charge is 0.383 e. The highest BCUT2D eigenvalue weighted by Crippen LogP contribution is 2.38. The summed E-state index contributed by atoms with van der Waals surface area (Å²) in [6.45, 7) is 3.57. The molecule has 0 bridgehead atoms. The van der Waals surface area contributed by atoms with Gasteiger partial charge in [-0.3, -0.25) is 9.69 Å². The molecule has 36 heavy (non-hydrogen) atoms. The van der Waals surface area contributed by atoms with E-state index in [9.17, 15) is 9.18 Å². The van der Waals surface area contributed by atoms with Crippen LogP contribution in [0.5, 0.6) is 0 Å². The van der Waals surface area contributed by atoms with E-state index < -0.39 is 5.82 Å². The lowest BCUT2D eigenvalue weighted by Crippen LogP contribution is -2.34. The number of carbonyl (C=O) groups is 1. The number of nitrogens with one attached hydrogen (secondary N) is 1. The first-order valence-corrected chi connectivity index (χ1v) is 12.7. The standard InChI is InChI=1S/C25H26ClFN6O2S/c1-35-13-12-32(10-3-8-28)9-2-4-22(34)33-11-7-18-21(15-33)36-25-23(18)24(29-16-30-25)31-17-5-6-20(27)19(26)14-17/h2,4-6,14,16H,3,7,9-13,15H2,1H3,(H,29,30,31). The number of thiophene rings is 1. The molecule has 3 aromatic rings. The van der Waals surface area contributed by atoms with Gasteiger partial charge < -0.3 is 15.0 Å². The molecule has 0 saturated carbocycles. The van der Waals surface area contributed by atoms with E-state index in [4.69, 9.17) is 21.6 Å². The number of hydrogen-bond donors (Lipinski definition) is 1. The first-order chi connectivity index (χ1) is 17.5. The first-order valence-electron chi connectivity index (χ1n) is 11.5. The third kappa shape index (κ3) is 6.17. The zero-order valence-electron chi connectivity index (χ0n) is 19.8. The maximum Gasteiger partial charge on any atom is 0.246 e. The normalized spacial score (nSPS) is 13.4. The first kappa shape index (κ1) is 26.0. The number of aromatic nitrogens is 2. The Balaban J connectivity index is 1.45. The second-order valence-corrected chi connectivity index (χ2v) is 9.76. The van der Waals surface area contributed by atoms with Crippen LogP contribution in [-0.2, 0) is 22.5 Å². The van der Waals surface area contributed by atoms with E-state index in [0.717, 1.165) is 20.7 Å². The van der Waals surface area contributed by atoms with Crippen LogP contribution in [0.3, 0.4) is 0 Å². The number of anilines is 2. The van der Waals surface area contributed by atoms with E-state index in [-0.39, 0.29) is 10.9 Å². The van der Waals surface area contributed by atoms with Crippen LogP contribution in [0.4, 0.5) is 15.9 Å². The average molecular weight is 529 g/mol. The van der Waals surface area contributed by atoms with Gasteiger partial charge in [0, 0.05) is 56.4 Å². The van der Waals surface area contributed by atoms with Gasteiger partial charge in [0.05, 0.1) is 29.6 Å². The number of carbonyl (C=O) groups excluding carboxylic acids is 1. The molecule has 3 heterocycles. The van der Waals surface area contributed by atoms with Crippen molar-refractivity contribution in [3.8, 4) is 6.07 Å². The highest BCUT2D eigenvalue weighted by molar-refractivity contribution is 7.19. The molecule has 0 unspecified atom stereocenters. The van der Waals surface area contributed by atoms with Crippen LogP contribution in [-0.4, -0.2) is 65.6 Å². The SMILES string of the molecule is COCCN(CC=CC(=O)N1CCc2c(sc3ncnc(Nc4ccc(F)c(Cl)c4)c23)C1)CCC#N. The number of halogens is 2. The summed E-state index contributed by atoms with van der Waals surface area (Å²) in [6, 6.07) is 6.59. The number of hydrogen-bond acceptors (Lipinski definition) is 8. The van der Waals surface area contributed by atoms with Crippen molar-refractivity contribution in [3.63, 3.8) is 0 Å². The molecular formula is C25H26ClFN6O2S. The van der Waals surface area contributed by atoms with Crippen LogP contribution >= 0.6 is 22.9 Å². The summed E-state index contributed by atoms with van der Waals surface area (Å²) < 4.78 is 18.7. The Kier molecular flexibility index (Phi) is 8.83. The molecule has 0 atom stereocenters. The zero-order chi connectivity index (χ0) is 25.5. The predicted molar refractivity (Wildman–Crippen MR) is 139 cm³/mol. The number of rotatable bonds is 10. The summed E-state index contributed by atoms with van der Waals surface area (Å²) in [5.74, 6) is 0.107. The lowest BCUT2D eigenvalue weighted by atomic mass is 10.0. The minimum atomic E-state index is -0.480. The van der Waals surface area contributed by atoms with Gasteiger partial charge in [-0.15, -0.1) is 11.3 Å². The Hall–Kier alpha value is -3.10. The minimum Gasteiger partial charge on any atom is -0.383 e. The third-order valence-corrected chi connectivity index (χ3v) is 7.32. The lowest BCUT2D eigenvalue weighted by molar-refractivity contribution is -0.126. The molecule has 0 fully saturated rings. The van der Waals surface area contributed by atoms with E-state index in [1.54, 1.807) is 30.6 Å². The highest BCUT2D eigenvalue weighted by atomic mass is 35.5. The van der Waals surface area contributed by atoms with Crippen LogP contribution in [0, 0.1) is 17.1 Å². The van der Waals surface area contributed by atoms with Crippen molar-refractivity contribution >= 4 is 50.6 Å². The van der Waals surface area contributed by atoms with Crippen molar-refractivity contribution in [3.05, 3.63) is 58.0 Å². The monoisotopic (exact) mass is 528 g/mol. The molecule has 1 aliphatic heterocycles. The van der Waals surface area contributed by atoms with Gasteiger partial charge in [0.1, 0.15) is 22.8 Å². The van der Waals surface area contributed by atoms with Crippen LogP contribution in [0.25, 0.3) is 10.2 Å². The molecule has 188 valence electrons. The highest BCUT2D eigenvalue weighted by Gasteiger charge is 2.25. The molecule has 1 aliphatic rings. The van der Waals surface area contributed by atoms with Crippen LogP contribution < -0.4 is 5.32 Å². The molecule has 1 N–H and O–H groups in total. The summed E-state index contributed by atoms with van der Waals surface area (Å²) in [5, 5.41) is 13.0. The number of ether oxygens (including phenoxy) is 1. The second kappa shape index (κ2) is 12.2. The third-order valence-electron chi connectivity index (χ3n) is 5.91. The van der Waals surface area contributed by atoms with Gasteiger partial charge in [-0.25, -0.2) is 14.4 Å². The Morgan fingerprint density at radius 2 is 2.28 bits per heavy atom. The fourth-order valence-corrected chi connectivity index (χ4v) is 5.44. The molecule has 2 aromatic heterocycles. The van der Waals surface area contributed by atoms with Crippen LogP contribution in [0.1, 0.15) is 16.9 Å². The maximum atomic E-state index is 13.5. The van der Waals surface area contributed by atoms with Crippen molar-refractivity contribution in [2.24, 2.45) is 0 Å². The van der Waals surface area contributed by atoms with Gasteiger partial charge in [0.25, 0.3) is 0 Å². The van der Waals surface area contributed by atoms with E-state index in [0.29, 0.717) is 63.7 Å². The summed E-state index contributed by atoms with van der Waals surface area (Å²) in [4.78, 5) is 27.5. The van der Waals surface area contributed by atoms with Crippen molar-refractivity contribution in [1.82, 2.24) is 19.8 Å². The molecule has 0 saturated heterocycles. The van der Waals surface area contributed by atoms with Gasteiger partial charge in [0.2, 0.25) is 5.91 Å². The fraction of sp³-hybridized carbons (Fsp3) is 0.360. The summed E-state index contributed by atoms with van der Waals surface area (Å²) >= 11 is 7.48. The van der Waals surface area contributed by atoms with Crippen LogP contribution in [0.15, 0.2) is 36.7 Å². The molecule has 4 rings (SSSR count). The topological polar surface area (TPSA) is 94.4 Å². The molecule has 1 amide bonds. The van der Waals surface area contributed by atoms with Crippen molar-refractivity contribution in [1.29, 1.82) is 5.26 Å². The number of benzene rings is 1. The van der Waals surface area contributed by atoms with Gasteiger partial charge >= 0.3 is 0 Å². The molecule has 1 aromatic carbocycles. The van der Waals surface area contributed by atoms with E-state index >= 15 is 0 Å². The maximum absolute atomic E-state index is 13.5. The van der Waals surface area contributed by atoms with Crippen LogP contribution in [0.2, 0.25) is 5.02 Å². The van der Waals surface area contributed by atoms with Gasteiger partial charge in [0.15, 0.2) is 0 Å². The molecule has 8 nitrogen and oxygen atoms in total. The Morgan fingerprint density at radius 1 is 1.42 bits per heavy atom. The molecule has 0 spiro atoms. The Morgan fingerprint density at radius 3 is 3.06 bits per heavy atom. The molecule has 11 heteroatoms. The summed E-state index contributed by atoms with van der Waals surface area (Å²) in [7, 11) is 1.64. The van der Waals surface area contributed by atoms with Crippen molar-refractivity contribution in [2.45, 2.75) is 19.4 Å². The smallest absolute Gasteiger partial charge is 0.246 e. The van der Waals surface area contributed by atoms with Gasteiger partial charge in [-0.05, 0) is 30.2 Å². The minimum absolute atomic E-state index is 0.0340. The molecule has 0 radical (unpaired) electrons. The summed E-state index contributed by atoms with van der Waals surface area (Å²) in [6.07, 6.45) is 6.06. The number of amides is 1. The Bertz CT molecular complexity index is 1310. The average Bonchev–Trinajstić information content (AvgIpc) is 3.26. The number of nitrogens with zero attached hydrogens (tertiary/aromatic N) is 5. The fourth-order valence-electron chi connectivity index (χ4n) is 4.05.